The van der Waals surface area contributed by atoms with Crippen molar-refractivity contribution in [1.82, 2.24) is 5.32 Å². The highest BCUT2D eigenvalue weighted by Gasteiger charge is 2.24. The highest BCUT2D eigenvalue weighted by Crippen LogP contribution is 2.27. The Morgan fingerprint density at radius 3 is 2.56 bits per heavy atom. The number of methoxy groups -OCH3 is 2. The number of benzene rings is 1. The lowest BCUT2D eigenvalue weighted by atomic mass is 10.1. The summed E-state index contributed by atoms with van der Waals surface area (Å²) in [7, 11) is 3.10. The SMILES string of the molecule is COc1ccc(/C=C2\CC(=O)NC2=O)c(OC)c1. The Balaban J connectivity index is 2.37. The normalized spacial score (nSPS) is 16.9. The van der Waals surface area contributed by atoms with Gasteiger partial charge in [0, 0.05) is 17.2 Å². The summed E-state index contributed by atoms with van der Waals surface area (Å²) < 4.78 is 10.3. The van der Waals surface area contributed by atoms with Crippen molar-refractivity contribution in [2.24, 2.45) is 0 Å². The van der Waals surface area contributed by atoms with Gasteiger partial charge in [0.25, 0.3) is 5.91 Å². The van der Waals surface area contributed by atoms with Crippen LogP contribution in [0.3, 0.4) is 0 Å². The van der Waals surface area contributed by atoms with Crippen LogP contribution in [0.2, 0.25) is 0 Å². The van der Waals surface area contributed by atoms with Crippen molar-refractivity contribution >= 4 is 17.9 Å². The maximum absolute atomic E-state index is 11.4. The van der Waals surface area contributed by atoms with Gasteiger partial charge >= 0.3 is 0 Å². The summed E-state index contributed by atoms with van der Waals surface area (Å²) in [6, 6.07) is 5.27. The summed E-state index contributed by atoms with van der Waals surface area (Å²) in [6.07, 6.45) is 1.76. The van der Waals surface area contributed by atoms with Gasteiger partial charge in [0.05, 0.1) is 20.6 Å². The van der Waals surface area contributed by atoms with E-state index in [4.69, 9.17) is 9.47 Å². The molecule has 1 N–H and O–H groups in total. The van der Waals surface area contributed by atoms with Crippen molar-refractivity contribution in [3.63, 3.8) is 0 Å². The van der Waals surface area contributed by atoms with Gasteiger partial charge in [-0.3, -0.25) is 14.9 Å². The largest absolute Gasteiger partial charge is 0.497 e. The van der Waals surface area contributed by atoms with Crippen LogP contribution in [0.5, 0.6) is 11.5 Å². The first kappa shape index (κ1) is 12.2. The van der Waals surface area contributed by atoms with E-state index < -0.39 is 0 Å². The maximum Gasteiger partial charge on any atom is 0.254 e. The third kappa shape index (κ3) is 2.34. The molecule has 1 aliphatic rings. The molecular formula is C13H13NO4. The molecule has 2 rings (SSSR count). The Morgan fingerprint density at radius 1 is 1.22 bits per heavy atom. The topological polar surface area (TPSA) is 64.6 Å². The van der Waals surface area contributed by atoms with E-state index in [-0.39, 0.29) is 18.2 Å². The zero-order chi connectivity index (χ0) is 13.1. The summed E-state index contributed by atoms with van der Waals surface area (Å²) in [5, 5.41) is 2.24. The number of hydrogen-bond donors (Lipinski definition) is 1. The van der Waals surface area contributed by atoms with Crippen LogP contribution in [0.25, 0.3) is 6.08 Å². The van der Waals surface area contributed by atoms with Crippen LogP contribution in [-0.4, -0.2) is 26.0 Å². The first-order valence-electron chi connectivity index (χ1n) is 5.41. The van der Waals surface area contributed by atoms with Crippen molar-refractivity contribution in [2.45, 2.75) is 6.42 Å². The van der Waals surface area contributed by atoms with Crippen LogP contribution < -0.4 is 14.8 Å². The van der Waals surface area contributed by atoms with Gasteiger partial charge in [0.2, 0.25) is 5.91 Å². The predicted molar refractivity (Wildman–Crippen MR) is 65.3 cm³/mol. The fraction of sp³-hybridized carbons (Fsp3) is 0.231. The van der Waals surface area contributed by atoms with Crippen LogP contribution in [0.1, 0.15) is 12.0 Å². The number of ether oxygens (including phenoxy) is 2. The molecule has 1 aromatic carbocycles. The van der Waals surface area contributed by atoms with Crippen molar-refractivity contribution in [1.29, 1.82) is 0 Å². The van der Waals surface area contributed by atoms with Gasteiger partial charge in [0.15, 0.2) is 0 Å². The van der Waals surface area contributed by atoms with E-state index in [9.17, 15) is 9.59 Å². The lowest BCUT2D eigenvalue weighted by Crippen LogP contribution is -2.19. The molecule has 0 aliphatic carbocycles. The molecule has 1 heterocycles. The molecule has 0 spiro atoms. The molecule has 5 nitrogen and oxygen atoms in total. The second-order valence-corrected chi connectivity index (χ2v) is 3.83. The summed E-state index contributed by atoms with van der Waals surface area (Å²) in [5.41, 5.74) is 1.17. The molecule has 1 aromatic rings. The van der Waals surface area contributed by atoms with Gasteiger partial charge in [-0.15, -0.1) is 0 Å². The average Bonchev–Trinajstić information content (AvgIpc) is 2.68. The number of carbonyl (C=O) groups is 2. The fourth-order valence-electron chi connectivity index (χ4n) is 1.75. The second-order valence-electron chi connectivity index (χ2n) is 3.83. The molecule has 94 valence electrons. The Morgan fingerprint density at radius 2 is 2.00 bits per heavy atom. The van der Waals surface area contributed by atoms with E-state index in [1.54, 1.807) is 31.4 Å². The number of carbonyl (C=O) groups excluding carboxylic acids is 2. The number of rotatable bonds is 3. The molecule has 0 saturated carbocycles. The summed E-state index contributed by atoms with van der Waals surface area (Å²) in [4.78, 5) is 22.5. The smallest absolute Gasteiger partial charge is 0.254 e. The first-order chi connectivity index (χ1) is 8.63. The average molecular weight is 247 g/mol. The molecular weight excluding hydrogens is 234 g/mol. The molecule has 1 saturated heterocycles. The van der Waals surface area contributed by atoms with Crippen LogP contribution in [0.4, 0.5) is 0 Å². The van der Waals surface area contributed by atoms with Gasteiger partial charge in [0.1, 0.15) is 11.5 Å². The van der Waals surface area contributed by atoms with E-state index in [1.165, 1.54) is 7.11 Å². The van der Waals surface area contributed by atoms with E-state index in [0.29, 0.717) is 17.1 Å². The van der Waals surface area contributed by atoms with Gasteiger partial charge in [-0.1, -0.05) is 0 Å². The van der Waals surface area contributed by atoms with Gasteiger partial charge < -0.3 is 9.47 Å². The van der Waals surface area contributed by atoms with E-state index in [2.05, 4.69) is 5.32 Å². The third-order valence-electron chi connectivity index (χ3n) is 2.67. The van der Waals surface area contributed by atoms with Gasteiger partial charge in [-0.25, -0.2) is 0 Å². The van der Waals surface area contributed by atoms with Crippen molar-refractivity contribution < 1.29 is 19.1 Å². The van der Waals surface area contributed by atoms with Crippen molar-refractivity contribution in [3.8, 4) is 11.5 Å². The Labute approximate surface area is 104 Å². The molecule has 0 aromatic heterocycles. The second kappa shape index (κ2) is 4.91. The van der Waals surface area contributed by atoms with Crippen molar-refractivity contribution in [3.05, 3.63) is 29.3 Å². The molecule has 2 amide bonds. The minimum atomic E-state index is -0.349. The first-order valence-corrected chi connectivity index (χ1v) is 5.41. The minimum Gasteiger partial charge on any atom is -0.497 e. The van der Waals surface area contributed by atoms with Crippen LogP contribution in [-0.2, 0) is 9.59 Å². The van der Waals surface area contributed by atoms with E-state index in [0.717, 1.165) is 5.56 Å². The zero-order valence-electron chi connectivity index (χ0n) is 10.1. The molecule has 1 fully saturated rings. The summed E-state index contributed by atoms with van der Waals surface area (Å²) in [6.45, 7) is 0. The molecule has 18 heavy (non-hydrogen) atoms. The Hall–Kier alpha value is -2.30. The predicted octanol–water partition coefficient (Wildman–Crippen LogP) is 1.13. The molecule has 5 heteroatoms. The Kier molecular flexibility index (Phi) is 3.32. The minimum absolute atomic E-state index is 0.105. The van der Waals surface area contributed by atoms with E-state index in [1.807, 2.05) is 0 Å². The quantitative estimate of drug-likeness (QED) is 0.642. The molecule has 0 radical (unpaired) electrons. The lowest BCUT2D eigenvalue weighted by Gasteiger charge is -2.07. The monoisotopic (exact) mass is 247 g/mol. The van der Waals surface area contributed by atoms with Crippen LogP contribution >= 0.6 is 0 Å². The number of amides is 2. The number of nitrogens with one attached hydrogen (secondary N) is 1. The lowest BCUT2D eigenvalue weighted by molar-refractivity contribution is -0.124. The zero-order valence-corrected chi connectivity index (χ0v) is 10.1. The molecule has 0 unspecified atom stereocenters. The van der Waals surface area contributed by atoms with Crippen molar-refractivity contribution in [2.75, 3.05) is 14.2 Å². The maximum atomic E-state index is 11.4. The highest BCUT2D eigenvalue weighted by molar-refractivity contribution is 6.15. The molecule has 0 atom stereocenters. The van der Waals surface area contributed by atoms with Gasteiger partial charge in [-0.2, -0.15) is 0 Å². The number of hydrogen-bond acceptors (Lipinski definition) is 4. The number of imide groups is 1. The molecule has 1 aliphatic heterocycles. The standard InChI is InChI=1S/C13H13NO4/c1-17-10-4-3-8(11(7-10)18-2)5-9-6-12(15)14-13(9)16/h3-5,7H,6H2,1-2H3,(H,14,15,16)/b9-5+. The van der Waals surface area contributed by atoms with E-state index >= 15 is 0 Å². The highest BCUT2D eigenvalue weighted by atomic mass is 16.5. The fourth-order valence-corrected chi connectivity index (χ4v) is 1.75. The summed E-state index contributed by atoms with van der Waals surface area (Å²) >= 11 is 0. The Bertz CT molecular complexity index is 534. The van der Waals surface area contributed by atoms with Gasteiger partial charge in [-0.05, 0) is 18.2 Å². The van der Waals surface area contributed by atoms with Crippen LogP contribution in [0.15, 0.2) is 23.8 Å². The van der Waals surface area contributed by atoms with Crippen LogP contribution in [0, 0.1) is 0 Å². The summed E-state index contributed by atoms with van der Waals surface area (Å²) in [5.74, 6) is 0.631. The molecule has 0 bridgehead atoms. The third-order valence-corrected chi connectivity index (χ3v) is 2.67.